The van der Waals surface area contributed by atoms with Gasteiger partial charge in [-0.15, -0.1) is 0 Å². The van der Waals surface area contributed by atoms with E-state index in [4.69, 9.17) is 9.15 Å². The molecule has 0 aliphatic rings. The quantitative estimate of drug-likeness (QED) is 0.555. The molecule has 160 valence electrons. The van der Waals surface area contributed by atoms with Gasteiger partial charge >= 0.3 is 6.18 Å². The first-order chi connectivity index (χ1) is 14.1. The first-order valence-corrected chi connectivity index (χ1v) is 10.6. The number of sulfonamides is 1. The fourth-order valence-corrected chi connectivity index (χ4v) is 3.68. The number of hydrogen-bond donors (Lipinski definition) is 1. The predicted octanol–water partition coefficient (Wildman–Crippen LogP) is 4.58. The van der Waals surface area contributed by atoms with Gasteiger partial charge in [0.05, 0.1) is 12.3 Å². The number of ether oxygens (including phenoxy) is 1. The second kappa shape index (κ2) is 8.78. The Bertz CT molecular complexity index is 1080. The van der Waals surface area contributed by atoms with Crippen molar-refractivity contribution in [1.82, 2.24) is 4.98 Å². The molecule has 0 unspecified atom stereocenters. The number of rotatable bonds is 8. The van der Waals surface area contributed by atoms with E-state index in [0.29, 0.717) is 30.4 Å². The van der Waals surface area contributed by atoms with Crippen molar-refractivity contribution in [2.24, 2.45) is 0 Å². The third-order valence-electron chi connectivity index (χ3n) is 4.00. The number of nitrogens with zero attached hydrogens (tertiary/aromatic N) is 1. The molecule has 0 saturated heterocycles. The van der Waals surface area contributed by atoms with Crippen LogP contribution >= 0.6 is 0 Å². The maximum absolute atomic E-state index is 12.3. The van der Waals surface area contributed by atoms with Crippen LogP contribution < -0.4 is 9.46 Å². The number of aromatic nitrogens is 1. The Hall–Kier alpha value is -3.01. The SMILES string of the molecule is Cc1oc(-c2ccccc2)nc1CCOc1ccc(NS(=O)(=O)CC(F)(F)F)cc1. The average Bonchev–Trinajstić information content (AvgIpc) is 3.02. The summed E-state index contributed by atoms with van der Waals surface area (Å²) in [7, 11) is -4.52. The number of nitrogens with one attached hydrogen (secondary N) is 1. The third-order valence-corrected chi connectivity index (χ3v) is 5.26. The smallest absolute Gasteiger partial charge is 0.404 e. The van der Waals surface area contributed by atoms with E-state index in [0.717, 1.165) is 11.3 Å². The van der Waals surface area contributed by atoms with Gasteiger partial charge in [0.25, 0.3) is 0 Å². The van der Waals surface area contributed by atoms with Gasteiger partial charge < -0.3 is 9.15 Å². The summed E-state index contributed by atoms with van der Waals surface area (Å²) < 4.78 is 73.0. The van der Waals surface area contributed by atoms with Gasteiger partial charge in [-0.2, -0.15) is 13.2 Å². The van der Waals surface area contributed by atoms with Gasteiger partial charge in [0, 0.05) is 17.7 Å². The van der Waals surface area contributed by atoms with Crippen molar-refractivity contribution >= 4 is 15.7 Å². The zero-order valence-corrected chi connectivity index (χ0v) is 16.8. The third kappa shape index (κ3) is 6.24. The fraction of sp³-hybridized carbons (Fsp3) is 0.250. The van der Waals surface area contributed by atoms with Crippen LogP contribution in [0.25, 0.3) is 11.5 Å². The van der Waals surface area contributed by atoms with Crippen molar-refractivity contribution < 1.29 is 30.7 Å². The molecule has 0 radical (unpaired) electrons. The van der Waals surface area contributed by atoms with Gasteiger partial charge in [-0.1, -0.05) is 18.2 Å². The van der Waals surface area contributed by atoms with E-state index in [1.807, 2.05) is 42.0 Å². The number of anilines is 1. The Morgan fingerprint density at radius 3 is 2.37 bits per heavy atom. The summed E-state index contributed by atoms with van der Waals surface area (Å²) in [6.07, 6.45) is -4.32. The Labute approximate surface area is 171 Å². The van der Waals surface area contributed by atoms with Gasteiger partial charge in [-0.05, 0) is 43.3 Å². The summed E-state index contributed by atoms with van der Waals surface area (Å²) in [5, 5.41) is 0. The molecule has 0 atom stereocenters. The summed E-state index contributed by atoms with van der Waals surface area (Å²) in [6.45, 7) is 2.11. The molecule has 2 aromatic carbocycles. The van der Waals surface area contributed by atoms with Crippen LogP contribution in [-0.2, 0) is 16.4 Å². The molecule has 1 aromatic heterocycles. The first-order valence-electron chi connectivity index (χ1n) is 8.93. The lowest BCUT2D eigenvalue weighted by Gasteiger charge is -2.11. The highest BCUT2D eigenvalue weighted by atomic mass is 32.2. The zero-order valence-electron chi connectivity index (χ0n) is 15.9. The molecule has 6 nitrogen and oxygen atoms in total. The lowest BCUT2D eigenvalue weighted by Crippen LogP contribution is -2.27. The zero-order chi connectivity index (χ0) is 21.8. The fourth-order valence-electron chi connectivity index (χ4n) is 2.68. The molecule has 0 aliphatic heterocycles. The van der Waals surface area contributed by atoms with Crippen molar-refractivity contribution in [1.29, 1.82) is 0 Å². The molecule has 3 aromatic rings. The Morgan fingerprint density at radius 1 is 1.07 bits per heavy atom. The van der Waals surface area contributed by atoms with Gasteiger partial charge in [0.15, 0.2) is 5.75 Å². The highest BCUT2D eigenvalue weighted by Gasteiger charge is 2.35. The standard InChI is InChI=1S/C20H19F3N2O4S/c1-14-18(24-19(29-14)15-5-3-2-4-6-15)11-12-28-17-9-7-16(8-10-17)25-30(26,27)13-20(21,22)23/h2-10,25H,11-13H2,1H3. The number of oxazole rings is 1. The highest BCUT2D eigenvalue weighted by Crippen LogP contribution is 2.23. The molecule has 0 saturated carbocycles. The molecule has 3 rings (SSSR count). The van der Waals surface area contributed by atoms with Crippen LogP contribution in [0.15, 0.2) is 59.0 Å². The molecule has 10 heteroatoms. The maximum atomic E-state index is 12.3. The van der Waals surface area contributed by atoms with Crippen LogP contribution in [0.5, 0.6) is 5.75 Å². The Balaban J connectivity index is 1.54. The van der Waals surface area contributed by atoms with Gasteiger partial charge in [-0.3, -0.25) is 4.72 Å². The molecular formula is C20H19F3N2O4S. The van der Waals surface area contributed by atoms with E-state index in [2.05, 4.69) is 4.98 Å². The molecular weight excluding hydrogens is 421 g/mol. The van der Waals surface area contributed by atoms with Crippen LogP contribution in [0.1, 0.15) is 11.5 Å². The van der Waals surface area contributed by atoms with Crippen LogP contribution in [0.4, 0.5) is 18.9 Å². The number of aryl methyl sites for hydroxylation is 1. The number of hydrogen-bond acceptors (Lipinski definition) is 5. The lowest BCUT2D eigenvalue weighted by atomic mass is 10.2. The minimum absolute atomic E-state index is 0.0199. The van der Waals surface area contributed by atoms with E-state index >= 15 is 0 Å². The minimum Gasteiger partial charge on any atom is -0.493 e. The molecule has 30 heavy (non-hydrogen) atoms. The summed E-state index contributed by atoms with van der Waals surface area (Å²) in [4.78, 5) is 4.48. The minimum atomic E-state index is -4.81. The van der Waals surface area contributed by atoms with Crippen molar-refractivity contribution in [2.45, 2.75) is 19.5 Å². The number of alkyl halides is 3. The van der Waals surface area contributed by atoms with Crippen molar-refractivity contribution in [3.63, 3.8) is 0 Å². The van der Waals surface area contributed by atoms with E-state index in [9.17, 15) is 21.6 Å². The largest absolute Gasteiger partial charge is 0.493 e. The second-order valence-electron chi connectivity index (χ2n) is 6.49. The summed E-state index contributed by atoms with van der Waals surface area (Å²) in [5.41, 5.74) is 1.65. The molecule has 0 fully saturated rings. The molecule has 0 aliphatic carbocycles. The van der Waals surface area contributed by atoms with E-state index in [1.165, 1.54) is 24.3 Å². The maximum Gasteiger partial charge on any atom is 0.404 e. The molecule has 0 amide bonds. The van der Waals surface area contributed by atoms with E-state index in [1.54, 1.807) is 0 Å². The topological polar surface area (TPSA) is 81.4 Å². The van der Waals surface area contributed by atoms with Crippen LogP contribution in [0.3, 0.4) is 0 Å². The summed E-state index contributed by atoms with van der Waals surface area (Å²) >= 11 is 0. The van der Waals surface area contributed by atoms with E-state index < -0.39 is 22.0 Å². The molecule has 0 spiro atoms. The number of halogens is 3. The first kappa shape index (κ1) is 21.7. The van der Waals surface area contributed by atoms with Crippen molar-refractivity contribution in [3.8, 4) is 17.2 Å². The second-order valence-corrected chi connectivity index (χ2v) is 8.21. The average molecular weight is 440 g/mol. The Morgan fingerprint density at radius 2 is 1.73 bits per heavy atom. The lowest BCUT2D eigenvalue weighted by molar-refractivity contribution is -0.106. The van der Waals surface area contributed by atoms with Gasteiger partial charge in [0.1, 0.15) is 11.5 Å². The van der Waals surface area contributed by atoms with E-state index in [-0.39, 0.29) is 5.69 Å². The summed E-state index contributed by atoms with van der Waals surface area (Å²) in [5.74, 6) is -0.288. The summed E-state index contributed by atoms with van der Waals surface area (Å²) in [6, 6.07) is 15.1. The molecule has 1 N–H and O–H groups in total. The predicted molar refractivity (Wildman–Crippen MR) is 106 cm³/mol. The van der Waals surface area contributed by atoms with Crippen molar-refractivity contribution in [3.05, 3.63) is 66.1 Å². The van der Waals surface area contributed by atoms with Crippen LogP contribution in [-0.4, -0.2) is 31.9 Å². The monoisotopic (exact) mass is 440 g/mol. The molecule has 0 bridgehead atoms. The van der Waals surface area contributed by atoms with Crippen LogP contribution in [0.2, 0.25) is 0 Å². The molecule has 1 heterocycles. The Kier molecular flexibility index (Phi) is 6.35. The number of benzene rings is 2. The van der Waals surface area contributed by atoms with Gasteiger partial charge in [0.2, 0.25) is 15.9 Å². The van der Waals surface area contributed by atoms with Crippen molar-refractivity contribution in [2.75, 3.05) is 17.1 Å². The van der Waals surface area contributed by atoms with Gasteiger partial charge in [-0.25, -0.2) is 13.4 Å². The van der Waals surface area contributed by atoms with Crippen LogP contribution in [0, 0.1) is 6.92 Å². The normalized spacial score (nSPS) is 12.0. The highest BCUT2D eigenvalue weighted by molar-refractivity contribution is 7.92.